The first-order chi connectivity index (χ1) is 18.9. The van der Waals surface area contributed by atoms with Crippen LogP contribution in [0.5, 0.6) is 0 Å². The van der Waals surface area contributed by atoms with E-state index in [-0.39, 0.29) is 17.7 Å². The summed E-state index contributed by atoms with van der Waals surface area (Å²) >= 11 is 0. The summed E-state index contributed by atoms with van der Waals surface area (Å²) in [5.41, 5.74) is 3.55. The van der Waals surface area contributed by atoms with Crippen molar-refractivity contribution in [2.24, 2.45) is 11.3 Å². The van der Waals surface area contributed by atoms with Crippen molar-refractivity contribution in [3.05, 3.63) is 47.8 Å². The third kappa shape index (κ3) is 6.50. The highest BCUT2D eigenvalue weighted by Crippen LogP contribution is 2.25. The lowest BCUT2D eigenvalue weighted by Crippen LogP contribution is -2.61. The molecule has 3 amide bonds. The molecule has 1 aromatic carbocycles. The van der Waals surface area contributed by atoms with Gasteiger partial charge >= 0.3 is 5.97 Å². The van der Waals surface area contributed by atoms with Crippen LogP contribution in [-0.4, -0.2) is 58.4 Å². The number of rotatable bonds is 1. The van der Waals surface area contributed by atoms with Gasteiger partial charge in [-0.3, -0.25) is 29.2 Å². The van der Waals surface area contributed by atoms with Gasteiger partial charge in [0.05, 0.1) is 11.1 Å². The number of fused-ring (bicyclic) bond motifs is 4. The number of carbonyl (C=O) groups excluding carboxylic acids is 4. The van der Waals surface area contributed by atoms with Gasteiger partial charge in [0.15, 0.2) is 0 Å². The minimum atomic E-state index is -0.915. The predicted molar refractivity (Wildman–Crippen MR) is 151 cm³/mol. The normalized spacial score (nSPS) is 27.2. The highest BCUT2D eigenvalue weighted by molar-refractivity contribution is 5.94. The van der Waals surface area contributed by atoms with Crippen molar-refractivity contribution >= 4 is 40.5 Å². The van der Waals surface area contributed by atoms with Gasteiger partial charge in [0, 0.05) is 18.1 Å². The molecule has 4 atom stereocenters. The number of cyclic esters (lactones) is 1. The van der Waals surface area contributed by atoms with Crippen molar-refractivity contribution in [2.75, 3.05) is 6.54 Å². The predicted octanol–water partition coefficient (Wildman–Crippen LogP) is 3.03. The fourth-order valence-electron chi connectivity index (χ4n) is 4.78. The fraction of sp³-hybridized carbons (Fsp3) is 0.500. The van der Waals surface area contributed by atoms with Crippen molar-refractivity contribution in [3.8, 4) is 0 Å². The first kappa shape index (κ1) is 29.2. The van der Waals surface area contributed by atoms with Crippen molar-refractivity contribution in [3.63, 3.8) is 0 Å². The molecule has 0 aliphatic carbocycles. The second-order valence-electron chi connectivity index (χ2n) is 11.6. The quantitative estimate of drug-likeness (QED) is 0.466. The maximum atomic E-state index is 13.3. The second kappa shape index (κ2) is 11.8. The number of nitrogens with zero attached hydrogens (tertiary/aromatic N) is 2. The summed E-state index contributed by atoms with van der Waals surface area (Å²) in [4.78, 5) is 57.2. The van der Waals surface area contributed by atoms with E-state index in [0.717, 1.165) is 16.3 Å². The van der Waals surface area contributed by atoms with E-state index in [0.29, 0.717) is 25.1 Å². The molecule has 214 valence electrons. The Kier molecular flexibility index (Phi) is 8.58. The fourth-order valence-corrected chi connectivity index (χ4v) is 4.78. The first-order valence-electron chi connectivity index (χ1n) is 13.8. The van der Waals surface area contributed by atoms with Crippen LogP contribution >= 0.6 is 0 Å². The molecule has 10 nitrogen and oxygen atoms in total. The minimum Gasteiger partial charge on any atom is -0.455 e. The highest BCUT2D eigenvalue weighted by Gasteiger charge is 2.35. The topological polar surface area (TPSA) is 130 Å². The lowest BCUT2D eigenvalue weighted by atomic mass is 9.89. The first-order valence-corrected chi connectivity index (χ1v) is 13.8. The molecular formula is C30H39N5O5. The Balaban J connectivity index is 1.70. The number of hydrogen-bond donors (Lipinski definition) is 3. The molecule has 10 heteroatoms. The lowest BCUT2D eigenvalue weighted by Gasteiger charge is -2.35. The Labute approximate surface area is 234 Å². The molecule has 3 heterocycles. The van der Waals surface area contributed by atoms with Crippen LogP contribution < -0.4 is 16.1 Å². The third-order valence-corrected chi connectivity index (χ3v) is 7.46. The SMILES string of the molecule is CC(C)[C@@H]1NC(=O)C(C)(C)/C=C/c2ccc3cnc(cc3c2)[C@@H](C)OC(=O)[C@@H]2CCCN(N2)C(=O)[C@H](C)NC1=O. The molecule has 40 heavy (non-hydrogen) atoms. The summed E-state index contributed by atoms with van der Waals surface area (Å²) in [5.74, 6) is -1.83. The highest BCUT2D eigenvalue weighted by atomic mass is 16.5. The van der Waals surface area contributed by atoms with Gasteiger partial charge in [-0.2, -0.15) is 0 Å². The van der Waals surface area contributed by atoms with Gasteiger partial charge in [-0.15, -0.1) is 0 Å². The van der Waals surface area contributed by atoms with Gasteiger partial charge in [0.2, 0.25) is 11.8 Å². The molecule has 0 spiro atoms. The number of esters is 1. The number of nitrogens with one attached hydrogen (secondary N) is 3. The number of ether oxygens (including phenoxy) is 1. The van der Waals surface area contributed by atoms with Crippen molar-refractivity contribution in [1.29, 1.82) is 0 Å². The molecule has 1 aromatic heterocycles. The van der Waals surface area contributed by atoms with Crippen LogP contribution in [0.15, 0.2) is 36.5 Å². The van der Waals surface area contributed by atoms with E-state index in [1.807, 2.05) is 44.2 Å². The van der Waals surface area contributed by atoms with Gasteiger partial charge in [0.1, 0.15) is 24.2 Å². The zero-order valence-corrected chi connectivity index (χ0v) is 24.0. The molecule has 2 aliphatic heterocycles. The zero-order valence-electron chi connectivity index (χ0n) is 24.0. The average Bonchev–Trinajstić information content (AvgIpc) is 2.92. The standard InChI is InChI=1S/C30H39N5O5/c1-17(2)25-26(36)32-18(3)27(37)35-13-7-8-23(34-35)28(38)40-19(4)24-15-22-14-20(9-10-21(22)16-31-24)11-12-30(5,6)29(39)33-25/h9-12,14-19,23,25,34H,7-8,13H2,1-6H3,(H,32,36)(H,33,39)/b12-11+/t18-,19+,23-,25-/m0/s1. The van der Waals surface area contributed by atoms with Gasteiger partial charge in [-0.25, -0.2) is 5.43 Å². The van der Waals surface area contributed by atoms with Gasteiger partial charge in [-0.05, 0) is 69.5 Å². The summed E-state index contributed by atoms with van der Waals surface area (Å²) in [6, 6.07) is 5.34. The van der Waals surface area contributed by atoms with Crippen molar-refractivity contribution in [2.45, 2.75) is 78.6 Å². The molecule has 1 fully saturated rings. The maximum absolute atomic E-state index is 13.3. The maximum Gasteiger partial charge on any atom is 0.325 e. The second-order valence-corrected chi connectivity index (χ2v) is 11.6. The molecular weight excluding hydrogens is 510 g/mol. The molecule has 5 bridgehead atoms. The summed E-state index contributed by atoms with van der Waals surface area (Å²) in [5, 5.41) is 8.83. The Hall–Kier alpha value is -3.79. The number of benzene rings is 1. The Morgan fingerprint density at radius 3 is 2.52 bits per heavy atom. The Morgan fingerprint density at radius 1 is 1.05 bits per heavy atom. The molecule has 3 N–H and O–H groups in total. The molecule has 1 saturated heterocycles. The van der Waals surface area contributed by atoms with E-state index < -0.39 is 41.5 Å². The van der Waals surface area contributed by atoms with Crippen molar-refractivity contribution < 1.29 is 23.9 Å². The lowest BCUT2D eigenvalue weighted by molar-refractivity contribution is -0.157. The van der Waals surface area contributed by atoms with E-state index in [1.165, 1.54) is 5.01 Å². The summed E-state index contributed by atoms with van der Waals surface area (Å²) in [6.07, 6.45) is 5.92. The van der Waals surface area contributed by atoms with E-state index in [9.17, 15) is 19.2 Å². The van der Waals surface area contributed by atoms with Gasteiger partial charge in [0.25, 0.3) is 5.91 Å². The van der Waals surface area contributed by atoms with E-state index >= 15 is 0 Å². The molecule has 4 rings (SSSR count). The number of carbonyl (C=O) groups is 4. The average molecular weight is 550 g/mol. The number of aromatic nitrogens is 1. The monoisotopic (exact) mass is 549 g/mol. The zero-order chi connectivity index (χ0) is 29.2. The number of hydrazine groups is 1. The molecule has 0 radical (unpaired) electrons. The van der Waals surface area contributed by atoms with Crippen molar-refractivity contribution in [1.82, 2.24) is 26.1 Å². The number of pyridine rings is 1. The van der Waals surface area contributed by atoms with Gasteiger partial charge in [-0.1, -0.05) is 38.1 Å². The van der Waals surface area contributed by atoms with Crippen LogP contribution in [0.3, 0.4) is 0 Å². The summed E-state index contributed by atoms with van der Waals surface area (Å²) in [7, 11) is 0. The van der Waals surface area contributed by atoms with Crippen LogP contribution in [0.2, 0.25) is 0 Å². The van der Waals surface area contributed by atoms with Crippen LogP contribution in [-0.2, 0) is 23.9 Å². The third-order valence-electron chi connectivity index (χ3n) is 7.46. The van der Waals surface area contributed by atoms with Crippen LogP contribution in [0.1, 0.15) is 71.7 Å². The van der Waals surface area contributed by atoms with Crippen LogP contribution in [0, 0.1) is 11.3 Å². The number of amides is 3. The van der Waals surface area contributed by atoms with E-state index in [1.54, 1.807) is 40.0 Å². The number of hydrogen-bond acceptors (Lipinski definition) is 7. The van der Waals surface area contributed by atoms with Crippen LogP contribution in [0.25, 0.3) is 16.8 Å². The Morgan fingerprint density at radius 2 is 1.80 bits per heavy atom. The minimum absolute atomic E-state index is 0.217. The molecule has 0 unspecified atom stereocenters. The Bertz CT molecular complexity index is 1340. The van der Waals surface area contributed by atoms with Gasteiger partial charge < -0.3 is 15.4 Å². The largest absolute Gasteiger partial charge is 0.455 e. The van der Waals surface area contributed by atoms with Crippen LogP contribution in [0.4, 0.5) is 0 Å². The molecule has 2 aliphatic rings. The summed E-state index contributed by atoms with van der Waals surface area (Å²) < 4.78 is 5.75. The smallest absolute Gasteiger partial charge is 0.325 e. The van der Waals surface area contributed by atoms with E-state index in [4.69, 9.17) is 4.74 Å². The van der Waals surface area contributed by atoms with E-state index in [2.05, 4.69) is 21.0 Å². The summed E-state index contributed by atoms with van der Waals surface area (Å²) in [6.45, 7) is 11.0. The molecule has 2 aromatic rings. The molecule has 0 saturated carbocycles.